The molecule has 2 aromatic rings. The molecule has 0 atom stereocenters. The molecule has 0 amide bonds. The van der Waals surface area contributed by atoms with Crippen molar-refractivity contribution in [1.82, 2.24) is 0 Å². The van der Waals surface area contributed by atoms with Crippen molar-refractivity contribution >= 4 is 23.5 Å². The normalized spacial score (nSPS) is 10.7. The van der Waals surface area contributed by atoms with Crippen molar-refractivity contribution in [3.05, 3.63) is 77.9 Å². The van der Waals surface area contributed by atoms with E-state index in [1.165, 1.54) is 5.56 Å². The molecule has 0 heterocycles. The number of rotatable bonds is 6. The van der Waals surface area contributed by atoms with E-state index in [0.717, 1.165) is 22.8 Å². The molecule has 0 unspecified atom stereocenters. The molecule has 0 aliphatic heterocycles. The lowest BCUT2D eigenvalue weighted by molar-refractivity contribution is -0.131. The highest BCUT2D eigenvalue weighted by atomic mass is 32.2. The first-order valence-corrected chi connectivity index (χ1v) is 7.36. The first-order valence-electron chi connectivity index (χ1n) is 6.37. The number of thioether (sulfide) groups is 1. The first-order chi connectivity index (χ1) is 10.1. The van der Waals surface area contributed by atoms with Gasteiger partial charge in [-0.3, -0.25) is 4.79 Å². The Morgan fingerprint density at radius 1 is 0.952 bits per heavy atom. The molecule has 106 valence electrons. The van der Waals surface area contributed by atoms with Gasteiger partial charge in [0.25, 0.3) is 0 Å². The van der Waals surface area contributed by atoms with Crippen molar-refractivity contribution in [3.63, 3.8) is 0 Å². The largest absolute Gasteiger partial charge is 0.478 e. The summed E-state index contributed by atoms with van der Waals surface area (Å²) >= 11 is 1.69. The van der Waals surface area contributed by atoms with E-state index >= 15 is 0 Å². The van der Waals surface area contributed by atoms with Crippen molar-refractivity contribution in [1.29, 1.82) is 0 Å². The number of hydrogen-bond acceptors (Lipinski definition) is 3. The Bertz CT molecular complexity index is 645. The van der Waals surface area contributed by atoms with Crippen LogP contribution in [-0.4, -0.2) is 16.9 Å². The fourth-order valence-corrected chi connectivity index (χ4v) is 2.55. The van der Waals surface area contributed by atoms with Gasteiger partial charge in [0.05, 0.1) is 0 Å². The number of ketones is 1. The van der Waals surface area contributed by atoms with Crippen LogP contribution in [0.1, 0.15) is 15.9 Å². The van der Waals surface area contributed by atoms with Crippen LogP contribution < -0.4 is 0 Å². The summed E-state index contributed by atoms with van der Waals surface area (Å²) in [7, 11) is 0. The van der Waals surface area contributed by atoms with Crippen molar-refractivity contribution in [3.8, 4) is 0 Å². The molecule has 1 N–H and O–H groups in total. The average molecular weight is 298 g/mol. The van der Waals surface area contributed by atoms with Gasteiger partial charge < -0.3 is 5.11 Å². The number of carbonyl (C=O) groups is 2. The van der Waals surface area contributed by atoms with Gasteiger partial charge in [-0.25, -0.2) is 4.79 Å². The lowest BCUT2D eigenvalue weighted by atomic mass is 10.1. The van der Waals surface area contributed by atoms with Crippen LogP contribution in [0.2, 0.25) is 0 Å². The average Bonchev–Trinajstić information content (AvgIpc) is 2.52. The van der Waals surface area contributed by atoms with Crippen molar-refractivity contribution in [2.45, 2.75) is 10.6 Å². The van der Waals surface area contributed by atoms with E-state index in [0.29, 0.717) is 5.56 Å². The van der Waals surface area contributed by atoms with E-state index in [4.69, 9.17) is 5.11 Å². The highest BCUT2D eigenvalue weighted by molar-refractivity contribution is 7.98. The molecule has 2 rings (SSSR count). The van der Waals surface area contributed by atoms with Gasteiger partial charge in [-0.2, -0.15) is 0 Å². The summed E-state index contributed by atoms with van der Waals surface area (Å²) in [6.07, 6.45) is 1.91. The molecule has 0 spiro atoms. The topological polar surface area (TPSA) is 54.4 Å². The molecule has 0 radical (unpaired) electrons. The molecule has 0 aliphatic carbocycles. The van der Waals surface area contributed by atoms with Crippen LogP contribution in [0, 0.1) is 0 Å². The van der Waals surface area contributed by atoms with E-state index in [1.54, 1.807) is 23.9 Å². The van der Waals surface area contributed by atoms with Crippen LogP contribution in [0.15, 0.2) is 71.6 Å². The predicted octanol–water partition coefficient (Wildman–Crippen LogP) is 3.80. The summed E-state index contributed by atoms with van der Waals surface area (Å²) in [5.41, 5.74) is 1.73. The van der Waals surface area contributed by atoms with Gasteiger partial charge in [0.15, 0.2) is 5.78 Å². The molecule has 0 aromatic heterocycles. The molecular weight excluding hydrogens is 284 g/mol. The Labute approximate surface area is 127 Å². The highest BCUT2D eigenvalue weighted by Crippen LogP contribution is 2.23. The number of hydrogen-bond donors (Lipinski definition) is 1. The molecule has 2 aromatic carbocycles. The fraction of sp³-hybridized carbons (Fsp3) is 0.0588. The molecule has 0 saturated carbocycles. The second kappa shape index (κ2) is 7.45. The Morgan fingerprint density at radius 2 is 1.62 bits per heavy atom. The third-order valence-electron chi connectivity index (χ3n) is 2.76. The molecule has 0 aliphatic rings. The van der Waals surface area contributed by atoms with E-state index in [-0.39, 0.29) is 5.78 Å². The number of carboxylic acids is 1. The summed E-state index contributed by atoms with van der Waals surface area (Å²) < 4.78 is 0. The van der Waals surface area contributed by atoms with Gasteiger partial charge in [-0.15, -0.1) is 11.8 Å². The number of aliphatic carboxylic acids is 1. The van der Waals surface area contributed by atoms with Crippen LogP contribution in [0.25, 0.3) is 0 Å². The SMILES string of the molecule is O=C(O)/C=C/C(=O)c1ccc(SCc2ccccc2)cc1. The third kappa shape index (κ3) is 4.93. The van der Waals surface area contributed by atoms with Gasteiger partial charge in [-0.1, -0.05) is 30.3 Å². The van der Waals surface area contributed by atoms with Crippen LogP contribution in [0.5, 0.6) is 0 Å². The number of carboxylic acid groups (broad SMARTS) is 1. The minimum Gasteiger partial charge on any atom is -0.478 e. The van der Waals surface area contributed by atoms with Crippen LogP contribution >= 0.6 is 11.8 Å². The molecule has 0 fully saturated rings. The summed E-state index contributed by atoms with van der Waals surface area (Å²) in [6, 6.07) is 17.3. The number of carbonyl (C=O) groups excluding carboxylic acids is 1. The van der Waals surface area contributed by atoms with Gasteiger partial charge in [-0.05, 0) is 35.9 Å². The van der Waals surface area contributed by atoms with Crippen LogP contribution in [0.4, 0.5) is 0 Å². The smallest absolute Gasteiger partial charge is 0.328 e. The van der Waals surface area contributed by atoms with E-state index in [9.17, 15) is 9.59 Å². The zero-order valence-corrected chi connectivity index (χ0v) is 12.0. The highest BCUT2D eigenvalue weighted by Gasteiger charge is 2.03. The Morgan fingerprint density at radius 3 is 2.24 bits per heavy atom. The van der Waals surface area contributed by atoms with Crippen LogP contribution in [0.3, 0.4) is 0 Å². The molecule has 4 heteroatoms. The maximum Gasteiger partial charge on any atom is 0.328 e. The minimum absolute atomic E-state index is 0.308. The monoisotopic (exact) mass is 298 g/mol. The predicted molar refractivity (Wildman–Crippen MR) is 83.6 cm³/mol. The third-order valence-corrected chi connectivity index (χ3v) is 3.85. The summed E-state index contributed by atoms with van der Waals surface area (Å²) in [5, 5.41) is 8.49. The minimum atomic E-state index is -1.13. The molecule has 0 saturated heterocycles. The maximum absolute atomic E-state index is 11.7. The maximum atomic E-state index is 11.7. The lowest BCUT2D eigenvalue weighted by Gasteiger charge is -2.03. The second-order valence-corrected chi connectivity index (χ2v) is 5.38. The summed E-state index contributed by atoms with van der Waals surface area (Å²) in [5.74, 6) is -0.567. The van der Waals surface area contributed by atoms with Gasteiger partial charge in [0.2, 0.25) is 0 Å². The van der Waals surface area contributed by atoms with Gasteiger partial charge >= 0.3 is 5.97 Å². The fourth-order valence-electron chi connectivity index (χ4n) is 1.70. The summed E-state index contributed by atoms with van der Waals surface area (Å²) in [4.78, 5) is 23.1. The molecule has 0 bridgehead atoms. The van der Waals surface area contributed by atoms with Gasteiger partial charge in [0.1, 0.15) is 0 Å². The van der Waals surface area contributed by atoms with E-state index < -0.39 is 5.97 Å². The quantitative estimate of drug-likeness (QED) is 0.500. The standard InChI is InChI=1S/C17H14O3S/c18-16(10-11-17(19)20)14-6-8-15(9-7-14)21-12-13-4-2-1-3-5-13/h1-11H,12H2,(H,19,20)/b11-10+. The second-order valence-electron chi connectivity index (χ2n) is 4.33. The van der Waals surface area contributed by atoms with Gasteiger partial charge in [0, 0.05) is 22.3 Å². The zero-order valence-electron chi connectivity index (χ0n) is 11.2. The first kappa shape index (κ1) is 15.1. The molecule has 3 nitrogen and oxygen atoms in total. The van der Waals surface area contributed by atoms with E-state index in [1.807, 2.05) is 30.3 Å². The van der Waals surface area contributed by atoms with Crippen LogP contribution in [-0.2, 0) is 10.5 Å². The van der Waals surface area contributed by atoms with Crippen molar-refractivity contribution in [2.24, 2.45) is 0 Å². The Hall–Kier alpha value is -2.33. The molecular formula is C17H14O3S. The Balaban J connectivity index is 1.96. The number of benzene rings is 2. The summed E-state index contributed by atoms with van der Waals surface area (Å²) in [6.45, 7) is 0. The van der Waals surface area contributed by atoms with E-state index in [2.05, 4.69) is 12.1 Å². The lowest BCUT2D eigenvalue weighted by Crippen LogP contribution is -1.96. The Kier molecular flexibility index (Phi) is 5.35. The number of allylic oxidation sites excluding steroid dienone is 1. The van der Waals surface area contributed by atoms with Crippen molar-refractivity contribution in [2.75, 3.05) is 0 Å². The zero-order chi connectivity index (χ0) is 15.1. The van der Waals surface area contributed by atoms with Crippen molar-refractivity contribution < 1.29 is 14.7 Å². The molecule has 21 heavy (non-hydrogen) atoms.